The van der Waals surface area contributed by atoms with Gasteiger partial charge in [-0.05, 0) is 56.0 Å². The van der Waals surface area contributed by atoms with Crippen molar-refractivity contribution in [3.8, 4) is 11.5 Å². The molecule has 0 saturated heterocycles. The molecule has 2 aromatic carbocycles. The fraction of sp³-hybridized carbons (Fsp3) is 0.400. The van der Waals surface area contributed by atoms with E-state index < -0.39 is 33.9 Å². The van der Waals surface area contributed by atoms with Crippen molar-refractivity contribution in [2.45, 2.75) is 32.1 Å². The van der Waals surface area contributed by atoms with Crippen LogP contribution in [0.2, 0.25) is 0 Å². The lowest BCUT2D eigenvalue weighted by molar-refractivity contribution is -0.384. The van der Waals surface area contributed by atoms with Gasteiger partial charge >= 0.3 is 11.8 Å². The number of nitrogen functional groups attached to an aromatic ring is 1. The van der Waals surface area contributed by atoms with Gasteiger partial charge in [0, 0.05) is 19.6 Å². The Labute approximate surface area is 213 Å². The maximum atomic E-state index is 13.2. The molecule has 12 heteroatoms. The summed E-state index contributed by atoms with van der Waals surface area (Å²) in [7, 11) is 3.03. The number of nitro groups is 1. The summed E-state index contributed by atoms with van der Waals surface area (Å²) in [4.78, 5) is 51.3. The minimum absolute atomic E-state index is 0.0476. The Balaban J connectivity index is 1.73. The first-order valence-electron chi connectivity index (χ1n) is 11.6. The lowest BCUT2D eigenvalue weighted by Crippen LogP contribution is -2.52. The first-order chi connectivity index (χ1) is 17.4. The number of carbonyl (C=O) groups is 3. The maximum Gasteiger partial charge on any atom is 0.407 e. The van der Waals surface area contributed by atoms with Gasteiger partial charge < -0.3 is 25.2 Å². The molecule has 0 spiro atoms. The van der Waals surface area contributed by atoms with Gasteiger partial charge in [-0.1, -0.05) is 12.1 Å². The summed E-state index contributed by atoms with van der Waals surface area (Å²) in [6.07, 6.45) is -0.594. The second-order valence-electron chi connectivity index (χ2n) is 9.13. The van der Waals surface area contributed by atoms with Gasteiger partial charge in [-0.15, -0.1) is 0 Å². The van der Waals surface area contributed by atoms with Crippen molar-refractivity contribution in [2.24, 2.45) is 0 Å². The van der Waals surface area contributed by atoms with Crippen molar-refractivity contribution in [2.75, 3.05) is 39.6 Å². The summed E-state index contributed by atoms with van der Waals surface area (Å²) in [5.41, 5.74) is 4.74. The van der Waals surface area contributed by atoms with E-state index in [0.717, 1.165) is 10.5 Å². The summed E-state index contributed by atoms with van der Waals surface area (Å²) >= 11 is 0. The highest BCUT2D eigenvalue weighted by Gasteiger charge is 2.48. The minimum atomic E-state index is -1.21. The number of nitro benzene ring substituents is 1. The van der Waals surface area contributed by atoms with Crippen molar-refractivity contribution < 1.29 is 33.9 Å². The zero-order chi connectivity index (χ0) is 27.5. The number of fused-ring (bicyclic) bond motifs is 1. The highest BCUT2D eigenvalue weighted by Crippen LogP contribution is 2.41. The second kappa shape index (κ2) is 10.7. The van der Waals surface area contributed by atoms with E-state index in [1.807, 2.05) is 6.07 Å². The predicted molar refractivity (Wildman–Crippen MR) is 134 cm³/mol. The van der Waals surface area contributed by atoms with Gasteiger partial charge in [0.1, 0.15) is 11.3 Å². The normalized spacial score (nSPS) is 14.2. The van der Waals surface area contributed by atoms with E-state index in [2.05, 4.69) is 0 Å². The number of amides is 3. The van der Waals surface area contributed by atoms with E-state index in [9.17, 15) is 29.6 Å². The van der Waals surface area contributed by atoms with Crippen molar-refractivity contribution in [3.63, 3.8) is 0 Å². The van der Waals surface area contributed by atoms with Crippen LogP contribution in [0.1, 0.15) is 41.8 Å². The van der Waals surface area contributed by atoms with Crippen molar-refractivity contribution in [3.05, 3.63) is 57.1 Å². The van der Waals surface area contributed by atoms with Gasteiger partial charge in [0.2, 0.25) is 5.91 Å². The molecule has 0 atom stereocenters. The van der Waals surface area contributed by atoms with E-state index in [0.29, 0.717) is 17.9 Å². The molecule has 1 heterocycles. The number of carbonyl (C=O) groups excluding carboxylic acids is 2. The fourth-order valence-electron chi connectivity index (χ4n) is 4.45. The Bertz CT molecular complexity index is 1240. The van der Waals surface area contributed by atoms with Crippen LogP contribution in [-0.2, 0) is 16.6 Å². The maximum absolute atomic E-state index is 13.2. The average molecular weight is 515 g/mol. The molecule has 37 heavy (non-hydrogen) atoms. The van der Waals surface area contributed by atoms with E-state index in [4.69, 9.17) is 15.2 Å². The SMILES string of the molecule is COc1ccc(CCN(CCCN2C(=O)c3c(ccc(N)c3[N+](=O)[O-])C(C)(C)C2=O)C(=O)O)cc1OC. The Morgan fingerprint density at radius 3 is 2.41 bits per heavy atom. The topological polar surface area (TPSA) is 166 Å². The molecule has 3 rings (SSSR count). The zero-order valence-corrected chi connectivity index (χ0v) is 21.1. The summed E-state index contributed by atoms with van der Waals surface area (Å²) in [5, 5.41) is 21.3. The van der Waals surface area contributed by atoms with Gasteiger partial charge in [0.25, 0.3) is 5.91 Å². The van der Waals surface area contributed by atoms with Gasteiger partial charge in [-0.25, -0.2) is 4.79 Å². The number of benzene rings is 2. The smallest absolute Gasteiger partial charge is 0.407 e. The van der Waals surface area contributed by atoms with Crippen molar-refractivity contribution in [1.29, 1.82) is 0 Å². The first-order valence-corrected chi connectivity index (χ1v) is 11.6. The summed E-state index contributed by atoms with van der Waals surface area (Å²) < 4.78 is 10.5. The number of ether oxygens (including phenoxy) is 2. The quantitative estimate of drug-likeness (QED) is 0.210. The van der Waals surface area contributed by atoms with Crippen LogP contribution in [0.4, 0.5) is 16.2 Å². The number of rotatable bonds is 10. The molecular formula is C25H30N4O8. The van der Waals surface area contributed by atoms with Gasteiger partial charge in [-0.3, -0.25) is 24.6 Å². The van der Waals surface area contributed by atoms with Gasteiger partial charge in [0.15, 0.2) is 11.5 Å². The van der Waals surface area contributed by atoms with Gasteiger partial charge in [-0.2, -0.15) is 0 Å². The molecule has 0 aliphatic carbocycles. The first kappa shape index (κ1) is 27.2. The number of methoxy groups -OCH3 is 2. The average Bonchev–Trinajstić information content (AvgIpc) is 2.85. The van der Waals surface area contributed by atoms with Crippen molar-refractivity contribution in [1.82, 2.24) is 9.80 Å². The number of hydrogen-bond donors (Lipinski definition) is 2. The van der Waals surface area contributed by atoms with Crippen LogP contribution in [0.25, 0.3) is 0 Å². The third-order valence-corrected chi connectivity index (χ3v) is 6.50. The molecule has 2 aromatic rings. The van der Waals surface area contributed by atoms with Crippen LogP contribution < -0.4 is 15.2 Å². The fourth-order valence-corrected chi connectivity index (χ4v) is 4.45. The third-order valence-electron chi connectivity index (χ3n) is 6.50. The molecule has 0 bridgehead atoms. The molecular weight excluding hydrogens is 484 g/mol. The summed E-state index contributed by atoms with van der Waals surface area (Å²) in [6.45, 7) is 3.28. The highest BCUT2D eigenvalue weighted by atomic mass is 16.6. The Kier molecular flexibility index (Phi) is 7.90. The number of nitrogens with two attached hydrogens (primary N) is 1. The van der Waals surface area contributed by atoms with Crippen LogP contribution in [0.15, 0.2) is 30.3 Å². The monoisotopic (exact) mass is 514 g/mol. The van der Waals surface area contributed by atoms with E-state index >= 15 is 0 Å². The zero-order valence-electron chi connectivity index (χ0n) is 21.1. The molecule has 3 amide bonds. The molecule has 0 unspecified atom stereocenters. The van der Waals surface area contributed by atoms with Gasteiger partial charge in [0.05, 0.1) is 24.6 Å². The molecule has 1 aliphatic rings. The standard InChI is InChI=1S/C25H30N4O8/c1-25(2)16-7-8-17(26)21(29(34)35)20(16)22(30)28(23(25)31)12-5-11-27(24(32)33)13-10-15-6-9-18(36-3)19(14-15)37-4/h6-9,14H,5,10-13,26H2,1-4H3,(H,32,33). The van der Waals surface area contributed by atoms with Crippen LogP contribution in [0.5, 0.6) is 11.5 Å². The highest BCUT2D eigenvalue weighted by molar-refractivity contribution is 6.15. The molecule has 0 radical (unpaired) electrons. The molecule has 198 valence electrons. The molecule has 3 N–H and O–H groups in total. The predicted octanol–water partition coefficient (Wildman–Crippen LogP) is 3.07. The van der Waals surface area contributed by atoms with E-state index in [1.54, 1.807) is 26.0 Å². The number of imide groups is 1. The summed E-state index contributed by atoms with van der Waals surface area (Å²) in [5.74, 6) is -0.243. The minimum Gasteiger partial charge on any atom is -0.493 e. The van der Waals surface area contributed by atoms with E-state index in [1.165, 1.54) is 31.3 Å². The second-order valence-corrected chi connectivity index (χ2v) is 9.13. The van der Waals surface area contributed by atoms with Crippen LogP contribution >= 0.6 is 0 Å². The molecule has 0 fully saturated rings. The third kappa shape index (κ3) is 5.27. The molecule has 12 nitrogen and oxygen atoms in total. The lowest BCUT2D eigenvalue weighted by atomic mass is 9.76. The Hall–Kier alpha value is -4.35. The van der Waals surface area contributed by atoms with E-state index in [-0.39, 0.29) is 42.9 Å². The lowest BCUT2D eigenvalue weighted by Gasteiger charge is -2.37. The number of carboxylic acid groups (broad SMARTS) is 1. The Morgan fingerprint density at radius 1 is 1.14 bits per heavy atom. The number of anilines is 1. The van der Waals surface area contributed by atoms with Crippen LogP contribution in [0.3, 0.4) is 0 Å². The van der Waals surface area contributed by atoms with Crippen LogP contribution in [-0.4, -0.2) is 71.6 Å². The largest absolute Gasteiger partial charge is 0.493 e. The number of nitrogens with zero attached hydrogens (tertiary/aromatic N) is 3. The molecule has 1 aliphatic heterocycles. The number of hydrogen-bond acceptors (Lipinski definition) is 8. The molecule has 0 saturated carbocycles. The van der Waals surface area contributed by atoms with Crippen molar-refractivity contribution >= 4 is 29.3 Å². The molecule has 0 aromatic heterocycles. The summed E-state index contributed by atoms with van der Waals surface area (Å²) in [6, 6.07) is 8.09. The Morgan fingerprint density at radius 2 is 1.81 bits per heavy atom. The van der Waals surface area contributed by atoms with Crippen LogP contribution in [0, 0.1) is 10.1 Å².